The number of Topliss-reactive ketones (excluding diaryl/α,β-unsaturated/α-hetero) is 1. The topological polar surface area (TPSA) is 17.1 Å². The average molecular weight is 290 g/mol. The minimum atomic E-state index is -0.225. The molecule has 112 valence electrons. The number of hydrogen-bond donors (Lipinski definition) is 0. The molecule has 2 fully saturated rings. The van der Waals surface area contributed by atoms with E-state index < -0.39 is 0 Å². The normalized spacial score (nSPS) is 21.5. The van der Waals surface area contributed by atoms with Crippen molar-refractivity contribution in [2.45, 2.75) is 49.4 Å². The standard InChI is InChI=1S/C21H22O/c22-19(20(13-7-14-20)17-9-3-1-4-10-17)21(15-8-16-21)18-11-5-2-6-12-18/h1-6,9-12H,7-8,13-16H2. The van der Waals surface area contributed by atoms with Crippen LogP contribution in [0, 0.1) is 0 Å². The Morgan fingerprint density at radius 1 is 0.636 bits per heavy atom. The Bertz CT molecular complexity index is 604. The van der Waals surface area contributed by atoms with Gasteiger partial charge in [0.2, 0.25) is 0 Å². The summed E-state index contributed by atoms with van der Waals surface area (Å²) < 4.78 is 0. The molecule has 4 rings (SSSR count). The lowest BCUT2D eigenvalue weighted by Crippen LogP contribution is -2.55. The highest BCUT2D eigenvalue weighted by molar-refractivity contribution is 6.00. The van der Waals surface area contributed by atoms with Gasteiger partial charge < -0.3 is 0 Å². The quantitative estimate of drug-likeness (QED) is 0.790. The van der Waals surface area contributed by atoms with E-state index >= 15 is 0 Å². The molecule has 1 heteroatoms. The van der Waals surface area contributed by atoms with Gasteiger partial charge in [-0.15, -0.1) is 0 Å². The SMILES string of the molecule is O=C(C1(c2ccccc2)CCC1)C1(c2ccccc2)CCC1. The lowest BCUT2D eigenvalue weighted by Gasteiger charge is -2.51. The minimum absolute atomic E-state index is 0.225. The highest BCUT2D eigenvalue weighted by Gasteiger charge is 2.56. The van der Waals surface area contributed by atoms with Crippen molar-refractivity contribution in [2.24, 2.45) is 0 Å². The molecule has 0 spiro atoms. The first kappa shape index (κ1) is 13.8. The molecule has 0 atom stereocenters. The number of carbonyl (C=O) groups is 1. The molecule has 2 aromatic carbocycles. The van der Waals surface area contributed by atoms with E-state index in [0.29, 0.717) is 5.78 Å². The van der Waals surface area contributed by atoms with Crippen LogP contribution in [0.15, 0.2) is 60.7 Å². The Kier molecular flexibility index (Phi) is 3.18. The molecule has 0 N–H and O–H groups in total. The zero-order valence-electron chi connectivity index (χ0n) is 12.9. The second-order valence-corrected chi connectivity index (χ2v) is 6.93. The van der Waals surface area contributed by atoms with Crippen molar-refractivity contribution in [3.05, 3.63) is 71.8 Å². The monoisotopic (exact) mass is 290 g/mol. The van der Waals surface area contributed by atoms with Crippen LogP contribution >= 0.6 is 0 Å². The maximum Gasteiger partial charge on any atom is 0.153 e. The largest absolute Gasteiger partial charge is 0.298 e. The predicted molar refractivity (Wildman–Crippen MR) is 88.9 cm³/mol. The zero-order valence-corrected chi connectivity index (χ0v) is 12.9. The summed E-state index contributed by atoms with van der Waals surface area (Å²) in [5.41, 5.74) is 2.01. The Morgan fingerprint density at radius 3 is 1.27 bits per heavy atom. The average Bonchev–Trinajstić information content (AvgIpc) is 2.47. The van der Waals surface area contributed by atoms with Crippen molar-refractivity contribution in [3.8, 4) is 0 Å². The van der Waals surface area contributed by atoms with Gasteiger partial charge in [0.05, 0.1) is 10.8 Å². The van der Waals surface area contributed by atoms with Crippen molar-refractivity contribution in [3.63, 3.8) is 0 Å². The van der Waals surface area contributed by atoms with Crippen LogP contribution in [0.5, 0.6) is 0 Å². The summed E-state index contributed by atoms with van der Waals surface area (Å²) in [6, 6.07) is 20.9. The number of benzene rings is 2. The van der Waals surface area contributed by atoms with Gasteiger partial charge in [-0.3, -0.25) is 4.79 Å². The van der Waals surface area contributed by atoms with Crippen LogP contribution in [0.25, 0.3) is 0 Å². The second-order valence-electron chi connectivity index (χ2n) is 6.93. The van der Waals surface area contributed by atoms with Gasteiger partial charge in [-0.25, -0.2) is 0 Å². The molecule has 2 saturated carbocycles. The number of hydrogen-bond acceptors (Lipinski definition) is 1. The van der Waals surface area contributed by atoms with Gasteiger partial charge in [-0.2, -0.15) is 0 Å². The number of carbonyl (C=O) groups excluding carboxylic acids is 1. The molecule has 1 nitrogen and oxygen atoms in total. The third-order valence-corrected chi connectivity index (χ3v) is 5.94. The molecular formula is C21H22O. The van der Waals surface area contributed by atoms with E-state index in [-0.39, 0.29) is 10.8 Å². The fraction of sp³-hybridized carbons (Fsp3) is 0.381. The fourth-order valence-electron chi connectivity index (χ4n) is 4.33. The molecule has 2 aliphatic carbocycles. The zero-order chi connectivity index (χ0) is 15.0. The molecule has 0 saturated heterocycles. The van der Waals surface area contributed by atoms with Crippen molar-refractivity contribution in [1.82, 2.24) is 0 Å². The van der Waals surface area contributed by atoms with Crippen LogP contribution in [-0.2, 0) is 15.6 Å². The first-order valence-corrected chi connectivity index (χ1v) is 8.44. The number of rotatable bonds is 4. The van der Waals surface area contributed by atoms with Crippen LogP contribution in [0.3, 0.4) is 0 Å². The molecule has 22 heavy (non-hydrogen) atoms. The molecule has 0 heterocycles. The molecular weight excluding hydrogens is 268 g/mol. The van der Waals surface area contributed by atoms with E-state index in [1.807, 2.05) is 12.1 Å². The molecule has 2 aromatic rings. The molecule has 0 unspecified atom stereocenters. The molecule has 0 radical (unpaired) electrons. The number of ketones is 1. The van der Waals surface area contributed by atoms with Gasteiger partial charge in [0, 0.05) is 0 Å². The van der Waals surface area contributed by atoms with Gasteiger partial charge in [0.25, 0.3) is 0 Å². The molecule has 2 aliphatic rings. The molecule has 0 aromatic heterocycles. The van der Waals surface area contributed by atoms with Crippen LogP contribution in [-0.4, -0.2) is 5.78 Å². The molecule has 0 bridgehead atoms. The Morgan fingerprint density at radius 2 is 1.00 bits per heavy atom. The van der Waals surface area contributed by atoms with E-state index in [1.54, 1.807) is 0 Å². The summed E-state index contributed by atoms with van der Waals surface area (Å²) in [4.78, 5) is 13.7. The Hall–Kier alpha value is -1.89. The highest BCUT2D eigenvalue weighted by Crippen LogP contribution is 2.54. The van der Waals surface area contributed by atoms with Gasteiger partial charge in [0.15, 0.2) is 5.78 Å². The summed E-state index contributed by atoms with van der Waals surface area (Å²) in [7, 11) is 0. The summed E-state index contributed by atoms with van der Waals surface area (Å²) in [6.45, 7) is 0. The maximum atomic E-state index is 13.7. The predicted octanol–water partition coefficient (Wildman–Crippen LogP) is 4.80. The first-order valence-electron chi connectivity index (χ1n) is 8.44. The van der Waals surface area contributed by atoms with Crippen LogP contribution in [0.2, 0.25) is 0 Å². The second kappa shape index (κ2) is 5.08. The maximum absolute atomic E-state index is 13.7. The van der Waals surface area contributed by atoms with Gasteiger partial charge in [-0.05, 0) is 36.8 Å². The third-order valence-electron chi connectivity index (χ3n) is 5.94. The van der Waals surface area contributed by atoms with Crippen LogP contribution in [0.4, 0.5) is 0 Å². The summed E-state index contributed by atoms with van der Waals surface area (Å²) in [5.74, 6) is 0.481. The van der Waals surface area contributed by atoms with Crippen LogP contribution in [0.1, 0.15) is 49.7 Å². The van der Waals surface area contributed by atoms with Gasteiger partial charge >= 0.3 is 0 Å². The summed E-state index contributed by atoms with van der Waals surface area (Å²) >= 11 is 0. The Balaban J connectivity index is 1.76. The van der Waals surface area contributed by atoms with E-state index in [0.717, 1.165) is 25.7 Å². The van der Waals surface area contributed by atoms with Crippen molar-refractivity contribution >= 4 is 5.78 Å². The van der Waals surface area contributed by atoms with Crippen molar-refractivity contribution in [2.75, 3.05) is 0 Å². The smallest absolute Gasteiger partial charge is 0.153 e. The minimum Gasteiger partial charge on any atom is -0.298 e. The van der Waals surface area contributed by atoms with Gasteiger partial charge in [-0.1, -0.05) is 73.5 Å². The van der Waals surface area contributed by atoms with Crippen molar-refractivity contribution < 1.29 is 4.79 Å². The van der Waals surface area contributed by atoms with Gasteiger partial charge in [0.1, 0.15) is 0 Å². The lowest BCUT2D eigenvalue weighted by molar-refractivity contribution is -0.137. The first-order chi connectivity index (χ1) is 10.8. The summed E-state index contributed by atoms with van der Waals surface area (Å²) in [5, 5.41) is 0. The van der Waals surface area contributed by atoms with E-state index in [9.17, 15) is 4.79 Å². The van der Waals surface area contributed by atoms with E-state index in [4.69, 9.17) is 0 Å². The van der Waals surface area contributed by atoms with E-state index in [2.05, 4.69) is 48.5 Å². The molecule has 0 amide bonds. The van der Waals surface area contributed by atoms with E-state index in [1.165, 1.54) is 24.0 Å². The Labute approximate surface area is 132 Å². The lowest BCUT2D eigenvalue weighted by atomic mass is 9.50. The van der Waals surface area contributed by atoms with Crippen molar-refractivity contribution in [1.29, 1.82) is 0 Å². The van der Waals surface area contributed by atoms with Crippen LogP contribution < -0.4 is 0 Å². The summed E-state index contributed by atoms with van der Waals surface area (Å²) in [6.07, 6.45) is 6.42. The third kappa shape index (κ3) is 1.81. The molecule has 0 aliphatic heterocycles. The fourth-order valence-corrected chi connectivity index (χ4v) is 4.33. The highest BCUT2D eigenvalue weighted by atomic mass is 16.1.